The van der Waals surface area contributed by atoms with Crippen LogP contribution in [0.25, 0.3) is 0 Å². The van der Waals surface area contributed by atoms with Crippen LogP contribution in [0.2, 0.25) is 0 Å². The number of pyridine rings is 1. The number of methoxy groups -OCH3 is 1. The molecule has 0 aliphatic heterocycles. The fourth-order valence-electron chi connectivity index (χ4n) is 5.13. The number of hydrogen-bond donors (Lipinski definition) is 0. The third-order valence-electron chi connectivity index (χ3n) is 7.72. The molecule has 0 bridgehead atoms. The number of benzene rings is 2. The van der Waals surface area contributed by atoms with Crippen molar-refractivity contribution in [2.45, 2.75) is 98.1 Å². The first-order valence-corrected chi connectivity index (χ1v) is 16.4. The first-order chi connectivity index (χ1) is 21.5. The summed E-state index contributed by atoms with van der Waals surface area (Å²) in [5, 5.41) is 0. The van der Waals surface area contributed by atoms with Gasteiger partial charge in [-0.1, -0.05) is 83.4 Å². The van der Waals surface area contributed by atoms with Crippen LogP contribution >= 0.6 is 0 Å². The molecule has 0 N–H and O–H groups in total. The number of para-hydroxylation sites is 1. The van der Waals surface area contributed by atoms with E-state index >= 15 is 0 Å². The quantitative estimate of drug-likeness (QED) is 0.0740. The maximum Gasteiger partial charge on any atom is 0.265 e. The molecule has 2 amide bonds. The number of hydrogen-bond acceptors (Lipinski definition) is 5. The van der Waals surface area contributed by atoms with E-state index in [0.717, 1.165) is 31.4 Å². The molecule has 0 aliphatic rings. The van der Waals surface area contributed by atoms with Crippen LogP contribution in [0.4, 0.5) is 0 Å². The number of unbranched alkanes of at least 4 members (excludes halogenated alkanes) is 8. The highest BCUT2D eigenvalue weighted by atomic mass is 16.5. The van der Waals surface area contributed by atoms with Gasteiger partial charge in [0.25, 0.3) is 11.8 Å². The maximum atomic E-state index is 14.2. The van der Waals surface area contributed by atoms with Gasteiger partial charge in [0.2, 0.25) is 5.69 Å². The molecule has 0 radical (unpaired) electrons. The Morgan fingerprint density at radius 1 is 0.682 bits per heavy atom. The monoisotopic (exact) mass is 603 g/mol. The highest BCUT2D eigenvalue weighted by Gasteiger charge is 2.29. The molecular weight excluding hydrogens is 552 g/mol. The molecule has 0 spiro atoms. The van der Waals surface area contributed by atoms with Crippen LogP contribution < -0.4 is 18.8 Å². The van der Waals surface area contributed by atoms with Crippen molar-refractivity contribution in [3.63, 3.8) is 0 Å². The van der Waals surface area contributed by atoms with E-state index in [9.17, 15) is 9.59 Å². The Hall–Kier alpha value is -3.87. The lowest BCUT2D eigenvalue weighted by Gasteiger charge is -2.22. The number of nitrogens with zero attached hydrogens (tertiary/aromatic N) is 2. The highest BCUT2D eigenvalue weighted by Crippen LogP contribution is 2.31. The number of carbonyl (C=O) groups is 2. The first-order valence-electron chi connectivity index (χ1n) is 16.4. The fraction of sp³-hybridized carbons (Fsp3) is 0.486. The molecule has 3 rings (SSSR count). The number of ether oxygens (including phenoxy) is 3. The number of imide groups is 1. The van der Waals surface area contributed by atoms with Crippen molar-refractivity contribution in [3.8, 4) is 17.2 Å². The van der Waals surface area contributed by atoms with E-state index in [4.69, 9.17) is 14.2 Å². The molecular formula is C37H51N2O5+. The van der Waals surface area contributed by atoms with Crippen LogP contribution in [0.15, 0.2) is 66.9 Å². The Labute approximate surface area is 264 Å². The second kappa shape index (κ2) is 19.4. The molecule has 238 valence electrons. The number of amides is 2. The molecule has 7 heteroatoms. The standard InChI is InChI=1S/C37H51N2O5/c1-5-8-10-12-18-26-43-34-24-23-30(28-35(34)44-27-19-13-11-9-6-2)36(40)39(29-31-20-16-17-25-38(31)7-3)37(41)32-21-14-15-22-33(32)42-4/h14-17,20-25,28H,5-13,18-19,26-27,29H2,1-4H3/q+1. The fourth-order valence-corrected chi connectivity index (χ4v) is 5.13. The van der Waals surface area contributed by atoms with E-state index in [1.165, 1.54) is 50.5 Å². The molecule has 0 saturated heterocycles. The summed E-state index contributed by atoms with van der Waals surface area (Å²) in [4.78, 5) is 29.5. The average Bonchev–Trinajstić information content (AvgIpc) is 3.06. The molecule has 1 heterocycles. The lowest BCUT2D eigenvalue weighted by atomic mass is 10.1. The van der Waals surface area contributed by atoms with Crippen molar-refractivity contribution < 1.29 is 28.4 Å². The van der Waals surface area contributed by atoms with Crippen molar-refractivity contribution in [1.82, 2.24) is 4.90 Å². The molecule has 0 unspecified atom stereocenters. The zero-order chi connectivity index (χ0) is 31.6. The molecule has 0 fully saturated rings. The van der Waals surface area contributed by atoms with Gasteiger partial charge >= 0.3 is 0 Å². The minimum atomic E-state index is -0.426. The summed E-state index contributed by atoms with van der Waals surface area (Å²) in [5.41, 5.74) is 1.54. The van der Waals surface area contributed by atoms with Gasteiger partial charge in [0.05, 0.1) is 25.9 Å². The van der Waals surface area contributed by atoms with E-state index in [0.29, 0.717) is 48.1 Å². The lowest BCUT2D eigenvalue weighted by Crippen LogP contribution is -2.43. The van der Waals surface area contributed by atoms with Gasteiger partial charge in [0.1, 0.15) is 18.8 Å². The van der Waals surface area contributed by atoms with Crippen molar-refractivity contribution in [2.75, 3.05) is 20.3 Å². The zero-order valence-corrected chi connectivity index (χ0v) is 27.2. The third kappa shape index (κ3) is 10.4. The maximum absolute atomic E-state index is 14.2. The molecule has 7 nitrogen and oxygen atoms in total. The summed E-state index contributed by atoms with van der Waals surface area (Å²) in [5.74, 6) is 0.741. The van der Waals surface area contributed by atoms with Crippen LogP contribution in [0.3, 0.4) is 0 Å². The Balaban J connectivity index is 1.90. The van der Waals surface area contributed by atoms with Crippen LogP contribution in [0, 0.1) is 0 Å². The largest absolute Gasteiger partial charge is 0.496 e. The highest BCUT2D eigenvalue weighted by molar-refractivity contribution is 6.11. The Morgan fingerprint density at radius 3 is 1.98 bits per heavy atom. The summed E-state index contributed by atoms with van der Waals surface area (Å²) in [6.45, 7) is 8.39. The Bertz CT molecular complexity index is 1310. The third-order valence-corrected chi connectivity index (χ3v) is 7.72. The van der Waals surface area contributed by atoms with Gasteiger partial charge in [-0.25, -0.2) is 4.57 Å². The summed E-state index contributed by atoms with van der Waals surface area (Å²) >= 11 is 0. The molecule has 0 aliphatic carbocycles. The van der Waals surface area contributed by atoms with E-state index in [1.54, 1.807) is 42.5 Å². The van der Waals surface area contributed by atoms with E-state index in [-0.39, 0.29) is 6.54 Å². The van der Waals surface area contributed by atoms with Gasteiger partial charge in [-0.3, -0.25) is 14.5 Å². The van der Waals surface area contributed by atoms with Gasteiger partial charge in [-0.05, 0) is 50.1 Å². The summed E-state index contributed by atoms with van der Waals surface area (Å²) in [6.07, 6.45) is 13.3. The van der Waals surface area contributed by atoms with Gasteiger partial charge in [-0.2, -0.15) is 0 Å². The minimum Gasteiger partial charge on any atom is -0.496 e. The van der Waals surface area contributed by atoms with E-state index in [2.05, 4.69) is 13.8 Å². The average molecular weight is 604 g/mol. The Morgan fingerprint density at radius 2 is 1.32 bits per heavy atom. The zero-order valence-electron chi connectivity index (χ0n) is 27.2. The second-order valence-corrected chi connectivity index (χ2v) is 11.1. The van der Waals surface area contributed by atoms with Crippen molar-refractivity contribution in [3.05, 3.63) is 83.7 Å². The smallest absolute Gasteiger partial charge is 0.265 e. The van der Waals surface area contributed by atoms with Gasteiger partial charge in [0.15, 0.2) is 17.7 Å². The minimum absolute atomic E-state index is 0.105. The number of carbonyl (C=O) groups excluding carboxylic acids is 2. The van der Waals surface area contributed by atoms with Crippen molar-refractivity contribution in [2.24, 2.45) is 0 Å². The summed E-state index contributed by atoms with van der Waals surface area (Å²) in [6, 6.07) is 18.0. The topological polar surface area (TPSA) is 69.0 Å². The van der Waals surface area contributed by atoms with Crippen LogP contribution in [-0.4, -0.2) is 37.0 Å². The predicted molar refractivity (Wildman–Crippen MR) is 174 cm³/mol. The van der Waals surface area contributed by atoms with Gasteiger partial charge in [0, 0.05) is 17.7 Å². The molecule has 2 aromatic carbocycles. The van der Waals surface area contributed by atoms with E-state index < -0.39 is 11.8 Å². The van der Waals surface area contributed by atoms with Crippen LogP contribution in [0.1, 0.15) is 111 Å². The SMILES string of the molecule is CCCCCCCOc1ccc(C(=O)N(Cc2cccc[n+]2CC)C(=O)c2ccccc2OC)cc1OCCCCCCC. The van der Waals surface area contributed by atoms with Gasteiger partial charge in [-0.15, -0.1) is 0 Å². The van der Waals surface area contributed by atoms with Gasteiger partial charge < -0.3 is 14.2 Å². The van der Waals surface area contributed by atoms with Crippen LogP contribution in [0.5, 0.6) is 17.2 Å². The molecule has 3 aromatic rings. The molecule has 0 atom stereocenters. The lowest BCUT2D eigenvalue weighted by molar-refractivity contribution is -0.701. The predicted octanol–water partition coefficient (Wildman–Crippen LogP) is 8.18. The van der Waals surface area contributed by atoms with Crippen molar-refractivity contribution in [1.29, 1.82) is 0 Å². The van der Waals surface area contributed by atoms with Crippen molar-refractivity contribution >= 4 is 11.8 Å². The second-order valence-electron chi connectivity index (χ2n) is 11.1. The number of aromatic nitrogens is 1. The van der Waals surface area contributed by atoms with Crippen LogP contribution in [-0.2, 0) is 13.1 Å². The Kier molecular flexibility index (Phi) is 15.3. The molecule has 0 saturated carbocycles. The van der Waals surface area contributed by atoms with E-state index in [1.807, 2.05) is 35.9 Å². The summed E-state index contributed by atoms with van der Waals surface area (Å²) < 4.78 is 19.9. The molecule has 44 heavy (non-hydrogen) atoms. The molecule has 1 aromatic heterocycles. The number of aryl methyl sites for hydroxylation is 1. The normalized spacial score (nSPS) is 10.8. The number of rotatable bonds is 20. The first kappa shape index (κ1) is 34.6. The summed E-state index contributed by atoms with van der Waals surface area (Å²) in [7, 11) is 1.52.